The molecule has 5 rings (SSSR count). The molecule has 0 spiro atoms. The molecular formula is C27H23N5O3S. The molecule has 2 N–H and O–H groups in total. The van der Waals surface area contributed by atoms with Crippen LogP contribution in [0.25, 0.3) is 16.1 Å². The van der Waals surface area contributed by atoms with Gasteiger partial charge in [0, 0.05) is 16.0 Å². The summed E-state index contributed by atoms with van der Waals surface area (Å²) in [6, 6.07) is 16.7. The highest BCUT2D eigenvalue weighted by molar-refractivity contribution is 7.15. The largest absolute Gasteiger partial charge is 0.481 e. The van der Waals surface area contributed by atoms with E-state index in [0.717, 1.165) is 37.7 Å². The number of carboxylic acid groups (broad SMARTS) is 1. The van der Waals surface area contributed by atoms with Crippen molar-refractivity contribution in [2.24, 2.45) is 10.9 Å². The molecule has 1 aliphatic rings. The van der Waals surface area contributed by atoms with E-state index in [4.69, 9.17) is 4.99 Å². The van der Waals surface area contributed by atoms with Gasteiger partial charge in [-0.2, -0.15) is 5.26 Å². The number of fused-ring (bicyclic) bond motifs is 3. The Balaban J connectivity index is 1.71. The minimum absolute atomic E-state index is 0.331. The van der Waals surface area contributed by atoms with Crippen molar-refractivity contribution in [3.05, 3.63) is 87.3 Å². The number of aliphatic hydroxyl groups is 1. The number of thiophene rings is 1. The molecule has 0 saturated carbocycles. The van der Waals surface area contributed by atoms with Gasteiger partial charge in [-0.05, 0) is 49.6 Å². The summed E-state index contributed by atoms with van der Waals surface area (Å²) in [5.41, 5.74) is 5.91. The highest BCUT2D eigenvalue weighted by atomic mass is 32.1. The second kappa shape index (κ2) is 9.15. The van der Waals surface area contributed by atoms with Crippen molar-refractivity contribution in [2.45, 2.75) is 33.4 Å². The molecule has 0 fully saturated rings. The summed E-state index contributed by atoms with van der Waals surface area (Å²) < 4.78 is 1.77. The Hall–Kier alpha value is -4.13. The fourth-order valence-corrected chi connectivity index (χ4v) is 5.62. The van der Waals surface area contributed by atoms with Gasteiger partial charge in [-0.25, -0.2) is 0 Å². The molecule has 180 valence electrons. The number of nitrogens with zero attached hydrogens (tertiary/aromatic N) is 5. The van der Waals surface area contributed by atoms with Crippen LogP contribution in [0.15, 0.2) is 53.5 Å². The molecule has 0 radical (unpaired) electrons. The number of aromatic nitrogens is 3. The second-order valence-electron chi connectivity index (χ2n) is 8.75. The number of aryl methyl sites for hydroxylation is 1. The van der Waals surface area contributed by atoms with Crippen LogP contribution < -0.4 is 0 Å². The van der Waals surface area contributed by atoms with Crippen LogP contribution in [0.4, 0.5) is 0 Å². The maximum absolute atomic E-state index is 12.0. The Morgan fingerprint density at radius 3 is 2.53 bits per heavy atom. The van der Waals surface area contributed by atoms with E-state index < -0.39 is 17.9 Å². The quantitative estimate of drug-likeness (QED) is 0.416. The predicted octanol–water partition coefficient (Wildman–Crippen LogP) is 4.59. The first-order chi connectivity index (χ1) is 17.3. The predicted molar refractivity (Wildman–Crippen MR) is 136 cm³/mol. The number of aliphatic imine (C=N–C) groups is 1. The number of benzene rings is 2. The van der Waals surface area contributed by atoms with Gasteiger partial charge >= 0.3 is 5.97 Å². The average Bonchev–Trinajstić information content (AvgIpc) is 3.40. The van der Waals surface area contributed by atoms with Crippen molar-refractivity contribution >= 4 is 23.0 Å². The van der Waals surface area contributed by atoms with Crippen LogP contribution in [0, 0.1) is 31.1 Å². The molecule has 2 aromatic carbocycles. The van der Waals surface area contributed by atoms with Crippen LogP contribution in [0.2, 0.25) is 0 Å². The molecule has 0 saturated heterocycles. The zero-order chi connectivity index (χ0) is 25.6. The summed E-state index contributed by atoms with van der Waals surface area (Å²) in [7, 11) is 0. The summed E-state index contributed by atoms with van der Waals surface area (Å²) in [4.78, 5) is 18.1. The fraction of sp³-hybridized carbons (Fsp3) is 0.222. The lowest BCUT2D eigenvalue weighted by Crippen LogP contribution is -2.21. The van der Waals surface area contributed by atoms with Crippen molar-refractivity contribution in [1.29, 1.82) is 5.26 Å². The van der Waals surface area contributed by atoms with Crippen LogP contribution in [-0.4, -0.2) is 36.7 Å². The molecule has 2 atom stereocenters. The van der Waals surface area contributed by atoms with E-state index in [1.807, 2.05) is 56.3 Å². The van der Waals surface area contributed by atoms with Gasteiger partial charge in [0.2, 0.25) is 0 Å². The fourth-order valence-electron chi connectivity index (χ4n) is 4.43. The third-order valence-electron chi connectivity index (χ3n) is 6.58. The van der Waals surface area contributed by atoms with Gasteiger partial charge < -0.3 is 10.2 Å². The van der Waals surface area contributed by atoms with Crippen molar-refractivity contribution < 1.29 is 15.0 Å². The molecule has 1 unspecified atom stereocenters. The van der Waals surface area contributed by atoms with E-state index in [0.29, 0.717) is 22.9 Å². The summed E-state index contributed by atoms with van der Waals surface area (Å²) in [5, 5.41) is 38.3. The summed E-state index contributed by atoms with van der Waals surface area (Å²) in [6.45, 7) is 5.32. The zero-order valence-electron chi connectivity index (χ0n) is 19.9. The minimum Gasteiger partial charge on any atom is -0.481 e. The normalized spacial score (nSPS) is 15.3. The van der Waals surface area contributed by atoms with E-state index in [1.165, 1.54) is 0 Å². The van der Waals surface area contributed by atoms with E-state index in [1.54, 1.807) is 28.9 Å². The third-order valence-corrected chi connectivity index (χ3v) is 7.77. The van der Waals surface area contributed by atoms with Crippen LogP contribution in [0.1, 0.15) is 51.7 Å². The summed E-state index contributed by atoms with van der Waals surface area (Å²) in [6.07, 6.45) is 0. The minimum atomic E-state index is -0.992. The molecule has 0 amide bonds. The number of nitriles is 1. The van der Waals surface area contributed by atoms with Gasteiger partial charge in [-0.15, -0.1) is 21.5 Å². The Kier molecular flexibility index (Phi) is 6.00. The highest BCUT2D eigenvalue weighted by Gasteiger charge is 2.36. The number of carboxylic acids is 1. The number of aliphatic carboxylic acids is 1. The van der Waals surface area contributed by atoms with E-state index in [9.17, 15) is 20.3 Å². The Morgan fingerprint density at radius 2 is 1.86 bits per heavy atom. The smallest absolute Gasteiger partial charge is 0.308 e. The molecule has 2 aromatic heterocycles. The Labute approximate surface area is 211 Å². The molecule has 4 aromatic rings. The number of hydrogen-bond donors (Lipinski definition) is 2. The van der Waals surface area contributed by atoms with Crippen LogP contribution >= 0.6 is 11.3 Å². The first-order valence-electron chi connectivity index (χ1n) is 11.4. The van der Waals surface area contributed by atoms with Crippen molar-refractivity contribution in [2.75, 3.05) is 0 Å². The Morgan fingerprint density at radius 1 is 1.14 bits per heavy atom. The molecule has 8 nitrogen and oxygen atoms in total. The molecule has 0 aliphatic carbocycles. The second-order valence-corrected chi connectivity index (χ2v) is 9.95. The number of hydrogen-bond acceptors (Lipinski definition) is 7. The molecule has 9 heteroatoms. The van der Waals surface area contributed by atoms with Crippen molar-refractivity contribution in [1.82, 2.24) is 14.8 Å². The lowest BCUT2D eigenvalue weighted by molar-refractivity contribution is -0.141. The number of aliphatic hydroxyl groups excluding tert-OH is 1. The van der Waals surface area contributed by atoms with Gasteiger partial charge in [0.15, 0.2) is 11.6 Å². The zero-order valence-corrected chi connectivity index (χ0v) is 20.7. The van der Waals surface area contributed by atoms with Crippen molar-refractivity contribution in [3.63, 3.8) is 0 Å². The third kappa shape index (κ3) is 3.81. The maximum Gasteiger partial charge on any atom is 0.308 e. The summed E-state index contributed by atoms with van der Waals surface area (Å²) >= 11 is 1.54. The molecule has 36 heavy (non-hydrogen) atoms. The van der Waals surface area contributed by atoms with Crippen molar-refractivity contribution in [3.8, 4) is 22.2 Å². The van der Waals surface area contributed by atoms with E-state index >= 15 is 0 Å². The number of carbonyl (C=O) groups is 1. The van der Waals surface area contributed by atoms with E-state index in [2.05, 4.69) is 16.3 Å². The van der Waals surface area contributed by atoms with Gasteiger partial charge in [-0.1, -0.05) is 36.4 Å². The first-order valence-corrected chi connectivity index (χ1v) is 12.2. The Bertz CT molecular complexity index is 1560. The van der Waals surface area contributed by atoms with Crippen LogP contribution in [-0.2, 0) is 11.4 Å². The van der Waals surface area contributed by atoms with Gasteiger partial charge in [0.05, 0.1) is 23.3 Å². The van der Waals surface area contributed by atoms with E-state index in [-0.39, 0.29) is 6.61 Å². The monoisotopic (exact) mass is 497 g/mol. The maximum atomic E-state index is 12.0. The molecule has 0 bridgehead atoms. The highest BCUT2D eigenvalue weighted by Crippen LogP contribution is 2.41. The lowest BCUT2D eigenvalue weighted by atomic mass is 9.96. The topological polar surface area (TPSA) is 124 Å². The van der Waals surface area contributed by atoms with Gasteiger partial charge in [-0.3, -0.25) is 14.4 Å². The average molecular weight is 498 g/mol. The van der Waals surface area contributed by atoms with Gasteiger partial charge in [0.25, 0.3) is 0 Å². The van der Waals surface area contributed by atoms with Crippen LogP contribution in [0.5, 0.6) is 0 Å². The van der Waals surface area contributed by atoms with Gasteiger partial charge in [0.1, 0.15) is 17.6 Å². The number of rotatable bonds is 5. The SMILES string of the molecule is Cc1sc2c(c1C)C(c1ccc(-c3cccc(C#N)c3)cc1)=N[C@@H](C(C)C(=O)O)c1nnc(CO)n1-2. The first kappa shape index (κ1) is 23.6. The molecule has 1 aliphatic heterocycles. The van der Waals surface area contributed by atoms with Crippen LogP contribution in [0.3, 0.4) is 0 Å². The molecule has 3 heterocycles. The standard InChI is InChI=1S/C27H23N5O3S/c1-14-16(3)36-26-22(14)24(19-9-7-18(8-10-19)20-6-4-5-17(11-20)12-28)29-23(15(2)27(34)35)25-31-30-21(13-33)32(25)26/h4-11,15,23,33H,13H2,1-3H3,(H,34,35)/t15?,23-/m0/s1. The summed E-state index contributed by atoms with van der Waals surface area (Å²) in [5.74, 6) is -1.11. The molecular weight excluding hydrogens is 474 g/mol. The lowest BCUT2D eigenvalue weighted by Gasteiger charge is -2.16.